The Morgan fingerprint density at radius 3 is 1.60 bits per heavy atom. The van der Waals surface area contributed by atoms with Gasteiger partial charge in [0, 0.05) is 12.3 Å². The van der Waals surface area contributed by atoms with E-state index in [4.69, 9.17) is 0 Å². The average molecular weight is 423 g/mol. The predicted octanol–water partition coefficient (Wildman–Crippen LogP) is 5.98. The monoisotopic (exact) mass is 422 g/mol. The van der Waals surface area contributed by atoms with E-state index in [1.165, 1.54) is 0 Å². The van der Waals surface area contributed by atoms with Gasteiger partial charge in [-0.1, -0.05) is 88.7 Å². The third kappa shape index (κ3) is 5.19. The molecule has 0 radical (unpaired) electrons. The van der Waals surface area contributed by atoms with Crippen LogP contribution >= 0.6 is 0 Å². The van der Waals surface area contributed by atoms with Crippen molar-refractivity contribution in [1.29, 1.82) is 0 Å². The molecule has 0 spiro atoms. The molecule has 0 aliphatic heterocycles. The van der Waals surface area contributed by atoms with Crippen LogP contribution in [-0.4, -0.2) is 33.5 Å². The molecule has 0 saturated heterocycles. The Bertz CT molecular complexity index is 727. The summed E-state index contributed by atoms with van der Waals surface area (Å²) < 4.78 is 0. The number of carbonyl (C=O) groups is 1. The van der Waals surface area contributed by atoms with Gasteiger partial charge in [-0.25, -0.2) is 0 Å². The molecule has 174 valence electrons. The predicted molar refractivity (Wildman–Crippen MR) is 124 cm³/mol. The van der Waals surface area contributed by atoms with Gasteiger partial charge in [-0.05, 0) is 44.8 Å². The SMILES string of the molecule is CC(C)(C)C1=C(C(C)(C)C)C(O)(CO)C(C(C)(C)C)C(C(C)(C)C)=C1CCC(=O)O. The Kier molecular flexibility index (Phi) is 7.26. The second kappa shape index (κ2) is 8.09. The smallest absolute Gasteiger partial charge is 0.303 e. The highest BCUT2D eigenvalue weighted by atomic mass is 16.4. The van der Waals surface area contributed by atoms with Crippen LogP contribution in [0.5, 0.6) is 0 Å². The van der Waals surface area contributed by atoms with Crippen LogP contribution in [0.25, 0.3) is 0 Å². The van der Waals surface area contributed by atoms with Crippen LogP contribution in [0.3, 0.4) is 0 Å². The van der Waals surface area contributed by atoms with E-state index in [2.05, 4.69) is 83.1 Å². The van der Waals surface area contributed by atoms with Gasteiger partial charge in [-0.3, -0.25) is 4.79 Å². The Balaban J connectivity index is 4.33. The maximum atomic E-state index is 12.3. The number of hydrogen-bond acceptors (Lipinski definition) is 3. The second-order valence-electron chi connectivity index (χ2n) is 13.2. The highest BCUT2D eigenvalue weighted by molar-refractivity contribution is 5.68. The summed E-state index contributed by atoms with van der Waals surface area (Å²) in [6.45, 7) is 24.9. The van der Waals surface area contributed by atoms with Gasteiger partial charge in [0.25, 0.3) is 0 Å². The van der Waals surface area contributed by atoms with Crippen LogP contribution in [0, 0.1) is 27.6 Å². The molecule has 0 bridgehead atoms. The van der Waals surface area contributed by atoms with Crippen molar-refractivity contribution in [3.63, 3.8) is 0 Å². The van der Waals surface area contributed by atoms with Crippen molar-refractivity contribution >= 4 is 5.97 Å². The van der Waals surface area contributed by atoms with Crippen molar-refractivity contribution < 1.29 is 20.1 Å². The number of rotatable bonds is 4. The summed E-state index contributed by atoms with van der Waals surface area (Å²) in [6.07, 6.45) is 0.461. The minimum Gasteiger partial charge on any atom is -0.481 e. The second-order valence-corrected chi connectivity index (χ2v) is 13.2. The molecule has 1 rings (SSSR count). The molecule has 2 atom stereocenters. The van der Waals surface area contributed by atoms with Crippen LogP contribution < -0.4 is 0 Å². The highest BCUT2D eigenvalue weighted by Crippen LogP contribution is 2.60. The number of allylic oxidation sites excluding steroid dienone is 2. The normalized spacial score (nSPS) is 24.5. The molecule has 0 fully saturated rings. The maximum absolute atomic E-state index is 12.3. The standard InChI is InChI=1S/C26H46O4/c1-22(2,3)18-16(13-14-17(28)29)19(23(4,5)6)21(25(10,11)12)26(30,15-27)20(18)24(7,8)9/h20,27,30H,13-15H2,1-12H3,(H,28,29). The van der Waals surface area contributed by atoms with Gasteiger partial charge in [0.1, 0.15) is 5.60 Å². The Hall–Kier alpha value is -1.13. The molecular formula is C26H46O4. The van der Waals surface area contributed by atoms with Crippen LogP contribution in [-0.2, 0) is 4.79 Å². The Morgan fingerprint density at radius 2 is 1.33 bits per heavy atom. The number of aliphatic hydroxyl groups excluding tert-OH is 1. The molecule has 0 heterocycles. The van der Waals surface area contributed by atoms with Crippen LogP contribution in [0.15, 0.2) is 22.3 Å². The van der Waals surface area contributed by atoms with Crippen molar-refractivity contribution in [3.8, 4) is 0 Å². The molecule has 30 heavy (non-hydrogen) atoms. The van der Waals surface area contributed by atoms with Crippen LogP contribution in [0.1, 0.15) is 95.9 Å². The molecule has 0 amide bonds. The minimum absolute atomic E-state index is 0.0420. The molecule has 2 unspecified atom stereocenters. The topological polar surface area (TPSA) is 77.8 Å². The van der Waals surface area contributed by atoms with Gasteiger partial charge in [0.2, 0.25) is 0 Å². The largest absolute Gasteiger partial charge is 0.481 e. The first-order valence-electron chi connectivity index (χ1n) is 11.1. The lowest BCUT2D eigenvalue weighted by atomic mass is 9.50. The van der Waals surface area contributed by atoms with Crippen LogP contribution in [0.4, 0.5) is 0 Å². The summed E-state index contributed by atoms with van der Waals surface area (Å²) in [4.78, 5) is 11.6. The molecule has 3 N–H and O–H groups in total. The molecule has 4 heteroatoms. The van der Waals surface area contributed by atoms with Crippen LogP contribution in [0.2, 0.25) is 0 Å². The molecule has 0 aromatic heterocycles. The number of aliphatic carboxylic acids is 1. The first kappa shape index (κ1) is 26.9. The Morgan fingerprint density at radius 1 is 0.867 bits per heavy atom. The zero-order chi connectivity index (χ0) is 24.1. The molecule has 1 aliphatic carbocycles. The van der Waals surface area contributed by atoms with Gasteiger partial charge in [0.15, 0.2) is 0 Å². The van der Waals surface area contributed by atoms with E-state index < -0.39 is 17.0 Å². The first-order chi connectivity index (χ1) is 13.1. The van der Waals surface area contributed by atoms with E-state index in [-0.39, 0.29) is 35.2 Å². The lowest BCUT2D eigenvalue weighted by Crippen LogP contribution is -2.57. The van der Waals surface area contributed by atoms with Gasteiger partial charge in [-0.2, -0.15) is 0 Å². The summed E-state index contributed by atoms with van der Waals surface area (Å²) in [7, 11) is 0. The highest BCUT2D eigenvalue weighted by Gasteiger charge is 2.57. The average Bonchev–Trinajstić information content (AvgIpc) is 2.47. The van der Waals surface area contributed by atoms with E-state index in [9.17, 15) is 20.1 Å². The lowest BCUT2D eigenvalue weighted by Gasteiger charge is -2.57. The van der Waals surface area contributed by atoms with Crippen molar-refractivity contribution in [2.24, 2.45) is 27.6 Å². The quantitative estimate of drug-likeness (QED) is 0.520. The summed E-state index contributed by atoms with van der Waals surface area (Å²) in [5, 5.41) is 32.5. The van der Waals surface area contributed by atoms with E-state index >= 15 is 0 Å². The van der Waals surface area contributed by atoms with E-state index in [1.54, 1.807) is 0 Å². The number of carboxylic acid groups (broad SMARTS) is 1. The fraction of sp³-hybridized carbons (Fsp3) is 0.808. The number of aliphatic hydroxyl groups is 2. The third-order valence-corrected chi connectivity index (χ3v) is 6.08. The molecule has 1 aliphatic rings. The molecule has 0 aromatic rings. The van der Waals surface area contributed by atoms with Crippen molar-refractivity contribution in [2.75, 3.05) is 6.61 Å². The maximum Gasteiger partial charge on any atom is 0.303 e. The summed E-state index contributed by atoms with van der Waals surface area (Å²) in [6, 6.07) is 0. The lowest BCUT2D eigenvalue weighted by molar-refractivity contribution is -0.136. The van der Waals surface area contributed by atoms with Crippen molar-refractivity contribution in [1.82, 2.24) is 0 Å². The third-order valence-electron chi connectivity index (χ3n) is 6.08. The van der Waals surface area contributed by atoms with Gasteiger partial charge >= 0.3 is 5.97 Å². The summed E-state index contributed by atoms with van der Waals surface area (Å²) in [5.74, 6) is -1.16. The van der Waals surface area contributed by atoms with E-state index in [0.29, 0.717) is 6.42 Å². The fourth-order valence-corrected chi connectivity index (χ4v) is 5.61. The van der Waals surface area contributed by atoms with E-state index in [0.717, 1.165) is 22.3 Å². The Labute approximate surface area is 184 Å². The number of hydrogen-bond donors (Lipinski definition) is 3. The molecular weight excluding hydrogens is 376 g/mol. The fourth-order valence-electron chi connectivity index (χ4n) is 5.61. The van der Waals surface area contributed by atoms with Crippen molar-refractivity contribution in [3.05, 3.63) is 22.3 Å². The van der Waals surface area contributed by atoms with E-state index in [1.807, 2.05) is 0 Å². The summed E-state index contributed by atoms with van der Waals surface area (Å²) >= 11 is 0. The van der Waals surface area contributed by atoms with Gasteiger partial charge in [0.05, 0.1) is 6.61 Å². The van der Waals surface area contributed by atoms with Gasteiger partial charge < -0.3 is 15.3 Å². The minimum atomic E-state index is -1.42. The van der Waals surface area contributed by atoms with Crippen molar-refractivity contribution in [2.45, 2.75) is 102 Å². The molecule has 0 aromatic carbocycles. The zero-order valence-corrected chi connectivity index (χ0v) is 21.4. The molecule has 0 saturated carbocycles. The molecule has 4 nitrogen and oxygen atoms in total. The zero-order valence-electron chi connectivity index (χ0n) is 21.4. The first-order valence-corrected chi connectivity index (χ1v) is 11.1. The number of carboxylic acids is 1. The van der Waals surface area contributed by atoms with Gasteiger partial charge in [-0.15, -0.1) is 0 Å². The summed E-state index contributed by atoms with van der Waals surface area (Å²) in [5.41, 5.74) is 1.21.